The number of carboxylic acid groups (broad SMARTS) is 1. The summed E-state index contributed by atoms with van der Waals surface area (Å²) in [6.45, 7) is 0.117. The highest BCUT2D eigenvalue weighted by Crippen LogP contribution is 2.24. The Hall–Kier alpha value is -2.47. The van der Waals surface area contributed by atoms with E-state index in [4.69, 9.17) is 4.74 Å². The highest BCUT2D eigenvalue weighted by Gasteiger charge is 2.20. The molecule has 6 heteroatoms. The summed E-state index contributed by atoms with van der Waals surface area (Å²) >= 11 is 1.68. The first-order chi connectivity index (χ1) is 13.6. The lowest BCUT2D eigenvalue weighted by Gasteiger charge is -2.14. The fourth-order valence-electron chi connectivity index (χ4n) is 3.27. The number of amides is 1. The van der Waals surface area contributed by atoms with Crippen molar-refractivity contribution in [3.8, 4) is 0 Å². The molecule has 1 unspecified atom stereocenters. The zero-order valence-electron chi connectivity index (χ0n) is 15.7. The van der Waals surface area contributed by atoms with Crippen LogP contribution in [0.5, 0.6) is 0 Å². The minimum absolute atomic E-state index is 0.117. The van der Waals surface area contributed by atoms with Gasteiger partial charge >= 0.3 is 12.1 Å². The van der Waals surface area contributed by atoms with Crippen LogP contribution in [0.15, 0.2) is 48.5 Å². The van der Waals surface area contributed by atoms with Gasteiger partial charge in [-0.25, -0.2) is 9.59 Å². The molecule has 0 radical (unpaired) electrons. The molecule has 1 aliphatic carbocycles. The smallest absolute Gasteiger partial charge is 0.408 e. The van der Waals surface area contributed by atoms with Crippen LogP contribution in [0.25, 0.3) is 0 Å². The first-order valence-corrected chi connectivity index (χ1v) is 10.7. The predicted octanol–water partition coefficient (Wildman–Crippen LogP) is 4.18. The Morgan fingerprint density at radius 3 is 2.64 bits per heavy atom. The third-order valence-corrected chi connectivity index (χ3v) is 5.85. The molecule has 1 aliphatic rings. The standard InChI is InChI=1S/C22H25NO4S/c24-21(25)20(23-22(26)27-14-16-5-2-1-3-6-16)11-12-28-15-17-9-10-18-7-4-8-19(18)13-17/h1-3,5-6,9-10,13,20H,4,7-8,11-12,14-15H2,(H,23,26)(H,24,25). The summed E-state index contributed by atoms with van der Waals surface area (Å²) in [5, 5.41) is 11.8. The number of nitrogens with one attached hydrogen (secondary N) is 1. The highest BCUT2D eigenvalue weighted by atomic mass is 32.2. The Balaban J connectivity index is 1.39. The number of fused-ring (bicyclic) bond motifs is 1. The molecule has 2 aromatic rings. The Kier molecular flexibility index (Phi) is 7.37. The first-order valence-electron chi connectivity index (χ1n) is 9.50. The summed E-state index contributed by atoms with van der Waals surface area (Å²) in [4.78, 5) is 23.3. The van der Waals surface area contributed by atoms with Crippen LogP contribution in [0.3, 0.4) is 0 Å². The van der Waals surface area contributed by atoms with E-state index in [-0.39, 0.29) is 6.61 Å². The molecule has 0 saturated heterocycles. The second kappa shape index (κ2) is 10.2. The van der Waals surface area contributed by atoms with E-state index < -0.39 is 18.1 Å². The molecule has 1 amide bonds. The molecule has 2 N–H and O–H groups in total. The fraction of sp³-hybridized carbons (Fsp3) is 0.364. The number of carbonyl (C=O) groups is 2. The quantitative estimate of drug-likeness (QED) is 0.619. The van der Waals surface area contributed by atoms with Crippen molar-refractivity contribution >= 4 is 23.8 Å². The van der Waals surface area contributed by atoms with Crippen molar-refractivity contribution < 1.29 is 19.4 Å². The van der Waals surface area contributed by atoms with Gasteiger partial charge in [0, 0.05) is 5.75 Å². The zero-order valence-corrected chi connectivity index (χ0v) is 16.5. The van der Waals surface area contributed by atoms with Crippen molar-refractivity contribution in [3.05, 3.63) is 70.8 Å². The van der Waals surface area contributed by atoms with E-state index >= 15 is 0 Å². The van der Waals surface area contributed by atoms with Crippen LogP contribution in [-0.2, 0) is 34.7 Å². The SMILES string of the molecule is O=C(NC(CCSCc1ccc2c(c1)CCC2)C(=O)O)OCc1ccccc1. The number of alkyl carbamates (subject to hydrolysis) is 1. The van der Waals surface area contributed by atoms with Crippen molar-refractivity contribution in [2.24, 2.45) is 0 Å². The number of carbonyl (C=O) groups excluding carboxylic acids is 1. The number of aliphatic carboxylic acids is 1. The lowest BCUT2D eigenvalue weighted by molar-refractivity contribution is -0.139. The van der Waals surface area contributed by atoms with E-state index in [1.54, 1.807) is 11.8 Å². The second-order valence-corrected chi connectivity index (χ2v) is 8.00. The second-order valence-electron chi connectivity index (χ2n) is 6.89. The molecule has 2 aromatic carbocycles. The normalized spacial score (nSPS) is 13.6. The van der Waals surface area contributed by atoms with Crippen LogP contribution in [0.4, 0.5) is 4.79 Å². The number of hydrogen-bond acceptors (Lipinski definition) is 4. The molecular weight excluding hydrogens is 374 g/mol. The number of hydrogen-bond donors (Lipinski definition) is 2. The number of carboxylic acids is 1. The van der Waals surface area contributed by atoms with E-state index in [2.05, 4.69) is 23.5 Å². The van der Waals surface area contributed by atoms with E-state index in [9.17, 15) is 14.7 Å². The Labute approximate surface area is 169 Å². The van der Waals surface area contributed by atoms with E-state index in [0.29, 0.717) is 12.2 Å². The van der Waals surface area contributed by atoms with Crippen molar-refractivity contribution in [1.29, 1.82) is 0 Å². The summed E-state index contributed by atoms with van der Waals surface area (Å²) in [5.74, 6) is 0.445. The summed E-state index contributed by atoms with van der Waals surface area (Å²) in [5.41, 5.74) is 5.03. The van der Waals surface area contributed by atoms with Crippen LogP contribution in [0.2, 0.25) is 0 Å². The molecule has 0 bridgehead atoms. The molecule has 0 aliphatic heterocycles. The van der Waals surface area contributed by atoms with Crippen LogP contribution in [-0.4, -0.2) is 29.0 Å². The predicted molar refractivity (Wildman–Crippen MR) is 110 cm³/mol. The molecule has 3 rings (SSSR count). The minimum atomic E-state index is -1.05. The van der Waals surface area contributed by atoms with Crippen molar-refractivity contribution in [1.82, 2.24) is 5.32 Å². The van der Waals surface area contributed by atoms with Crippen LogP contribution >= 0.6 is 11.8 Å². The maximum atomic E-state index is 11.9. The molecule has 0 spiro atoms. The molecule has 0 heterocycles. The van der Waals surface area contributed by atoms with Crippen molar-refractivity contribution in [2.75, 3.05) is 5.75 Å². The summed E-state index contributed by atoms with van der Waals surface area (Å²) in [7, 11) is 0. The van der Waals surface area contributed by atoms with Gasteiger partial charge in [0.2, 0.25) is 0 Å². The van der Waals surface area contributed by atoms with Crippen molar-refractivity contribution in [2.45, 2.75) is 44.1 Å². The van der Waals surface area contributed by atoms with Crippen LogP contribution in [0.1, 0.15) is 35.1 Å². The average Bonchev–Trinajstić information content (AvgIpc) is 3.17. The van der Waals surface area contributed by atoms with Gasteiger partial charge in [-0.1, -0.05) is 48.5 Å². The Bertz CT molecular complexity index is 809. The van der Waals surface area contributed by atoms with E-state index in [1.807, 2.05) is 30.3 Å². The van der Waals surface area contributed by atoms with Gasteiger partial charge in [-0.05, 0) is 53.7 Å². The van der Waals surface area contributed by atoms with Gasteiger partial charge in [-0.15, -0.1) is 0 Å². The van der Waals surface area contributed by atoms with E-state index in [0.717, 1.165) is 17.7 Å². The summed E-state index contributed by atoms with van der Waals surface area (Å²) < 4.78 is 5.11. The maximum absolute atomic E-state index is 11.9. The fourth-order valence-corrected chi connectivity index (χ4v) is 4.23. The number of ether oxygens (including phenoxy) is 1. The molecule has 1 atom stereocenters. The van der Waals surface area contributed by atoms with Gasteiger partial charge < -0.3 is 15.2 Å². The monoisotopic (exact) mass is 399 g/mol. The molecule has 0 fully saturated rings. The van der Waals surface area contributed by atoms with Gasteiger partial charge in [0.05, 0.1) is 0 Å². The van der Waals surface area contributed by atoms with Crippen LogP contribution in [0, 0.1) is 0 Å². The maximum Gasteiger partial charge on any atom is 0.408 e. The van der Waals surface area contributed by atoms with E-state index in [1.165, 1.54) is 29.5 Å². The molecule has 28 heavy (non-hydrogen) atoms. The van der Waals surface area contributed by atoms with Gasteiger partial charge in [0.1, 0.15) is 12.6 Å². The highest BCUT2D eigenvalue weighted by molar-refractivity contribution is 7.98. The van der Waals surface area contributed by atoms with Gasteiger partial charge in [0.15, 0.2) is 0 Å². The Morgan fingerprint density at radius 2 is 1.86 bits per heavy atom. The van der Waals surface area contributed by atoms with Gasteiger partial charge in [-0.3, -0.25) is 0 Å². The molecule has 148 valence electrons. The first kappa shape index (κ1) is 20.3. The average molecular weight is 400 g/mol. The lowest BCUT2D eigenvalue weighted by Crippen LogP contribution is -2.41. The number of aryl methyl sites for hydroxylation is 2. The van der Waals surface area contributed by atoms with Gasteiger partial charge in [-0.2, -0.15) is 11.8 Å². The van der Waals surface area contributed by atoms with Crippen molar-refractivity contribution in [3.63, 3.8) is 0 Å². The molecule has 0 aromatic heterocycles. The molecule has 0 saturated carbocycles. The summed E-state index contributed by atoms with van der Waals surface area (Å²) in [6, 6.07) is 15.0. The number of thioether (sulfide) groups is 1. The molecule has 5 nitrogen and oxygen atoms in total. The summed E-state index contributed by atoms with van der Waals surface area (Å²) in [6.07, 6.45) is 3.21. The number of benzene rings is 2. The Morgan fingerprint density at radius 1 is 1.07 bits per heavy atom. The third kappa shape index (κ3) is 6.02. The lowest BCUT2D eigenvalue weighted by atomic mass is 10.1. The minimum Gasteiger partial charge on any atom is -0.480 e. The number of rotatable bonds is 9. The zero-order chi connectivity index (χ0) is 19.8. The third-order valence-electron chi connectivity index (χ3n) is 4.79. The largest absolute Gasteiger partial charge is 0.480 e. The van der Waals surface area contributed by atoms with Gasteiger partial charge in [0.25, 0.3) is 0 Å². The van der Waals surface area contributed by atoms with Crippen LogP contribution < -0.4 is 5.32 Å². The molecular formula is C22H25NO4S. The topological polar surface area (TPSA) is 75.6 Å².